The summed E-state index contributed by atoms with van der Waals surface area (Å²) in [5, 5.41) is 5.44. The van der Waals surface area contributed by atoms with Crippen LogP contribution in [-0.4, -0.2) is 24.5 Å². The van der Waals surface area contributed by atoms with E-state index >= 15 is 0 Å². The van der Waals surface area contributed by atoms with Crippen molar-refractivity contribution in [2.24, 2.45) is 0 Å². The number of ether oxygens (including phenoxy) is 1. The van der Waals surface area contributed by atoms with Crippen LogP contribution < -0.4 is 10.6 Å². The van der Waals surface area contributed by atoms with Crippen LogP contribution in [0.3, 0.4) is 0 Å². The van der Waals surface area contributed by atoms with Crippen LogP contribution in [0, 0.1) is 6.92 Å². The average Bonchev–Trinajstić information content (AvgIpc) is 2.30. The second kappa shape index (κ2) is 6.89. The molecule has 0 aliphatic rings. The SMILES string of the molecule is CC(=O)Nc1ccc(C)c(NC(=O)COC(C)C)c1. The summed E-state index contributed by atoms with van der Waals surface area (Å²) in [6.45, 7) is 7.08. The third-order valence-electron chi connectivity index (χ3n) is 2.38. The fraction of sp³-hybridized carbons (Fsp3) is 0.429. The van der Waals surface area contributed by atoms with E-state index in [1.54, 1.807) is 12.1 Å². The van der Waals surface area contributed by atoms with Crippen molar-refractivity contribution in [3.63, 3.8) is 0 Å². The van der Waals surface area contributed by atoms with Crippen molar-refractivity contribution in [1.29, 1.82) is 0 Å². The normalized spacial score (nSPS) is 10.4. The molecule has 1 aromatic carbocycles. The molecule has 1 aromatic rings. The van der Waals surface area contributed by atoms with Gasteiger partial charge in [0.15, 0.2) is 0 Å². The van der Waals surface area contributed by atoms with Crippen molar-refractivity contribution >= 4 is 23.2 Å². The molecule has 0 radical (unpaired) electrons. The molecule has 0 fully saturated rings. The first-order chi connectivity index (χ1) is 8.88. The molecule has 0 heterocycles. The minimum atomic E-state index is -0.211. The lowest BCUT2D eigenvalue weighted by Crippen LogP contribution is -2.21. The van der Waals surface area contributed by atoms with Crippen molar-refractivity contribution < 1.29 is 14.3 Å². The van der Waals surface area contributed by atoms with Gasteiger partial charge in [-0.2, -0.15) is 0 Å². The third-order valence-corrected chi connectivity index (χ3v) is 2.38. The summed E-state index contributed by atoms with van der Waals surface area (Å²) >= 11 is 0. The number of carbonyl (C=O) groups excluding carboxylic acids is 2. The van der Waals surface area contributed by atoms with Crippen LogP contribution in [0.25, 0.3) is 0 Å². The van der Waals surface area contributed by atoms with E-state index in [1.165, 1.54) is 6.92 Å². The fourth-order valence-corrected chi connectivity index (χ4v) is 1.47. The van der Waals surface area contributed by atoms with E-state index in [4.69, 9.17) is 4.74 Å². The smallest absolute Gasteiger partial charge is 0.250 e. The maximum atomic E-state index is 11.7. The predicted molar refractivity (Wildman–Crippen MR) is 75.2 cm³/mol. The zero-order valence-electron chi connectivity index (χ0n) is 11.7. The Hall–Kier alpha value is -1.88. The van der Waals surface area contributed by atoms with Gasteiger partial charge in [-0.3, -0.25) is 9.59 Å². The van der Waals surface area contributed by atoms with Crippen molar-refractivity contribution in [1.82, 2.24) is 0 Å². The van der Waals surface area contributed by atoms with E-state index in [1.807, 2.05) is 26.8 Å². The molecule has 0 saturated carbocycles. The molecule has 0 atom stereocenters. The molecule has 1 rings (SSSR count). The van der Waals surface area contributed by atoms with E-state index in [0.717, 1.165) is 5.56 Å². The van der Waals surface area contributed by atoms with Gasteiger partial charge in [0.05, 0.1) is 6.10 Å². The van der Waals surface area contributed by atoms with Crippen LogP contribution in [0.1, 0.15) is 26.3 Å². The molecule has 2 amide bonds. The summed E-state index contributed by atoms with van der Waals surface area (Å²) < 4.78 is 5.23. The number of rotatable bonds is 5. The second-order valence-electron chi connectivity index (χ2n) is 4.62. The number of nitrogens with one attached hydrogen (secondary N) is 2. The third kappa shape index (κ3) is 5.52. The van der Waals surface area contributed by atoms with Crippen LogP contribution in [0.4, 0.5) is 11.4 Å². The summed E-state index contributed by atoms with van der Waals surface area (Å²) in [5.41, 5.74) is 2.24. The molecule has 5 nitrogen and oxygen atoms in total. The van der Waals surface area contributed by atoms with E-state index in [2.05, 4.69) is 10.6 Å². The number of hydrogen-bond donors (Lipinski definition) is 2. The lowest BCUT2D eigenvalue weighted by atomic mass is 10.1. The summed E-state index contributed by atoms with van der Waals surface area (Å²) in [7, 11) is 0. The molecule has 0 aliphatic carbocycles. The summed E-state index contributed by atoms with van der Waals surface area (Å²) in [4.78, 5) is 22.7. The first-order valence-electron chi connectivity index (χ1n) is 6.18. The van der Waals surface area contributed by atoms with Gasteiger partial charge < -0.3 is 15.4 Å². The van der Waals surface area contributed by atoms with Crippen LogP contribution >= 0.6 is 0 Å². The number of amides is 2. The fourth-order valence-electron chi connectivity index (χ4n) is 1.47. The van der Waals surface area contributed by atoms with Crippen molar-refractivity contribution in [2.45, 2.75) is 33.8 Å². The summed E-state index contributed by atoms with van der Waals surface area (Å²) in [5.74, 6) is -0.360. The van der Waals surface area contributed by atoms with Crippen molar-refractivity contribution in [3.05, 3.63) is 23.8 Å². The van der Waals surface area contributed by atoms with Gasteiger partial charge in [0.25, 0.3) is 0 Å². The highest BCUT2D eigenvalue weighted by Crippen LogP contribution is 2.20. The van der Waals surface area contributed by atoms with E-state index in [9.17, 15) is 9.59 Å². The van der Waals surface area contributed by atoms with Gasteiger partial charge >= 0.3 is 0 Å². The lowest BCUT2D eigenvalue weighted by Gasteiger charge is -2.12. The Balaban J connectivity index is 2.71. The maximum absolute atomic E-state index is 11.7. The van der Waals surface area contributed by atoms with Gasteiger partial charge in [-0.05, 0) is 38.5 Å². The molecule has 104 valence electrons. The minimum absolute atomic E-state index is 0.0116. The van der Waals surface area contributed by atoms with Crippen LogP contribution in [0.15, 0.2) is 18.2 Å². The van der Waals surface area contributed by atoms with Crippen LogP contribution in [0.5, 0.6) is 0 Å². The Morgan fingerprint density at radius 2 is 1.95 bits per heavy atom. The first kappa shape index (κ1) is 15.2. The van der Waals surface area contributed by atoms with Gasteiger partial charge in [0, 0.05) is 18.3 Å². The molecule has 0 bridgehead atoms. The van der Waals surface area contributed by atoms with E-state index in [0.29, 0.717) is 11.4 Å². The maximum Gasteiger partial charge on any atom is 0.250 e. The highest BCUT2D eigenvalue weighted by Gasteiger charge is 2.07. The molecular weight excluding hydrogens is 244 g/mol. The number of carbonyl (C=O) groups is 2. The van der Waals surface area contributed by atoms with Gasteiger partial charge in [0.2, 0.25) is 11.8 Å². The zero-order chi connectivity index (χ0) is 14.4. The quantitative estimate of drug-likeness (QED) is 0.857. The topological polar surface area (TPSA) is 67.4 Å². The summed E-state index contributed by atoms with van der Waals surface area (Å²) in [6, 6.07) is 5.35. The van der Waals surface area contributed by atoms with Crippen molar-refractivity contribution in [3.8, 4) is 0 Å². The standard InChI is InChI=1S/C14H20N2O3/c1-9(2)19-8-14(18)16-13-7-12(15-11(4)17)6-5-10(13)3/h5-7,9H,8H2,1-4H3,(H,15,17)(H,16,18). The Bertz CT molecular complexity index is 470. The monoisotopic (exact) mass is 264 g/mol. The van der Waals surface area contributed by atoms with Gasteiger partial charge in [-0.15, -0.1) is 0 Å². The highest BCUT2D eigenvalue weighted by atomic mass is 16.5. The Labute approximate surface area is 113 Å². The van der Waals surface area contributed by atoms with Crippen molar-refractivity contribution in [2.75, 3.05) is 17.2 Å². The zero-order valence-corrected chi connectivity index (χ0v) is 11.7. The van der Waals surface area contributed by atoms with E-state index < -0.39 is 0 Å². The Morgan fingerprint density at radius 3 is 2.53 bits per heavy atom. The Kier molecular flexibility index (Phi) is 5.51. The molecule has 0 aliphatic heterocycles. The Morgan fingerprint density at radius 1 is 1.26 bits per heavy atom. The van der Waals surface area contributed by atoms with Gasteiger partial charge in [0.1, 0.15) is 6.61 Å². The first-order valence-corrected chi connectivity index (χ1v) is 6.18. The minimum Gasteiger partial charge on any atom is -0.369 e. The molecule has 2 N–H and O–H groups in total. The molecule has 0 unspecified atom stereocenters. The average molecular weight is 264 g/mol. The lowest BCUT2D eigenvalue weighted by molar-refractivity contribution is -0.122. The highest BCUT2D eigenvalue weighted by molar-refractivity contribution is 5.94. The molecule has 0 aromatic heterocycles. The summed E-state index contributed by atoms with van der Waals surface area (Å²) in [6.07, 6.45) is 0.0116. The molecule has 0 spiro atoms. The number of hydrogen-bond acceptors (Lipinski definition) is 3. The van der Waals surface area contributed by atoms with Crippen LogP contribution in [-0.2, 0) is 14.3 Å². The molecule has 5 heteroatoms. The second-order valence-corrected chi connectivity index (χ2v) is 4.62. The molecule has 19 heavy (non-hydrogen) atoms. The number of aryl methyl sites for hydroxylation is 1. The predicted octanol–water partition coefficient (Wildman–Crippen LogP) is 2.32. The van der Waals surface area contributed by atoms with Gasteiger partial charge in [-0.1, -0.05) is 6.07 Å². The number of anilines is 2. The largest absolute Gasteiger partial charge is 0.369 e. The molecule has 0 saturated heterocycles. The number of benzene rings is 1. The van der Waals surface area contributed by atoms with E-state index in [-0.39, 0.29) is 24.5 Å². The molecular formula is C14H20N2O3. The van der Waals surface area contributed by atoms with Gasteiger partial charge in [-0.25, -0.2) is 0 Å². The van der Waals surface area contributed by atoms with Crippen LogP contribution in [0.2, 0.25) is 0 Å².